The van der Waals surface area contributed by atoms with Crippen molar-refractivity contribution in [1.29, 1.82) is 0 Å². The minimum absolute atomic E-state index is 0.0346. The van der Waals surface area contributed by atoms with Gasteiger partial charge in [-0.1, -0.05) is 24.3 Å². The maximum atomic E-state index is 13.0. The molecule has 0 bridgehead atoms. The Morgan fingerprint density at radius 1 is 0.967 bits per heavy atom. The average Bonchev–Trinajstić information content (AvgIpc) is 3.18. The van der Waals surface area contributed by atoms with E-state index in [1.807, 2.05) is 73.9 Å². The summed E-state index contributed by atoms with van der Waals surface area (Å²) in [5.74, 6) is -0.182. The molecule has 0 N–H and O–H groups in total. The summed E-state index contributed by atoms with van der Waals surface area (Å²) in [6, 6.07) is 17.8. The van der Waals surface area contributed by atoms with Crippen LogP contribution in [0.5, 0.6) is 0 Å². The fraction of sp³-hybridized carbons (Fsp3) is 0.130. The number of amides is 1. The Morgan fingerprint density at radius 3 is 2.37 bits per heavy atom. The van der Waals surface area contributed by atoms with Crippen LogP contribution in [0.25, 0.3) is 11.8 Å². The lowest BCUT2D eigenvalue weighted by Gasteiger charge is -2.11. The predicted octanol–water partition coefficient (Wildman–Crippen LogP) is 4.81. The third kappa shape index (κ3) is 3.30. The summed E-state index contributed by atoms with van der Waals surface area (Å²) in [5.41, 5.74) is 5.30. The molecule has 2 aromatic carbocycles. The van der Waals surface area contributed by atoms with Crippen LogP contribution in [0.15, 0.2) is 71.3 Å². The second-order valence-corrected chi connectivity index (χ2v) is 7.13. The third-order valence-electron chi connectivity index (χ3n) is 5.13. The van der Waals surface area contributed by atoms with E-state index in [0.717, 1.165) is 17.0 Å². The Balaban J connectivity index is 1.73. The quantitative estimate of drug-likeness (QED) is 0.358. The van der Waals surface area contributed by atoms with Crippen LogP contribution in [-0.2, 0) is 4.79 Å². The molecule has 150 valence electrons. The number of non-ortho nitro benzene ring substituents is 1. The number of para-hydroxylation sites is 1. The fourth-order valence-corrected chi connectivity index (χ4v) is 3.66. The van der Waals surface area contributed by atoms with Gasteiger partial charge in [-0.25, -0.2) is 0 Å². The number of nitro benzene ring substituents is 1. The number of carbonyl (C=O) groups is 1. The second kappa shape index (κ2) is 7.44. The highest BCUT2D eigenvalue weighted by Crippen LogP contribution is 2.28. The van der Waals surface area contributed by atoms with Crippen molar-refractivity contribution in [2.45, 2.75) is 20.8 Å². The van der Waals surface area contributed by atoms with E-state index in [2.05, 4.69) is 5.10 Å². The summed E-state index contributed by atoms with van der Waals surface area (Å²) in [6.45, 7) is 5.67. The predicted molar refractivity (Wildman–Crippen MR) is 117 cm³/mol. The number of hydrogen-bond acceptors (Lipinski definition) is 4. The smallest absolute Gasteiger partial charge is 0.280 e. The van der Waals surface area contributed by atoms with E-state index in [9.17, 15) is 14.9 Å². The topological polar surface area (TPSA) is 80.7 Å². The van der Waals surface area contributed by atoms with Crippen LogP contribution in [-0.4, -0.2) is 21.1 Å². The van der Waals surface area contributed by atoms with Gasteiger partial charge in [-0.15, -0.1) is 0 Å². The molecule has 30 heavy (non-hydrogen) atoms. The van der Waals surface area contributed by atoms with E-state index >= 15 is 0 Å². The van der Waals surface area contributed by atoms with Gasteiger partial charge in [0.2, 0.25) is 0 Å². The lowest BCUT2D eigenvalue weighted by molar-refractivity contribution is -0.384. The van der Waals surface area contributed by atoms with Crippen molar-refractivity contribution in [3.8, 4) is 5.69 Å². The molecule has 3 aromatic rings. The number of aryl methyl sites for hydroxylation is 1. The Bertz CT molecular complexity index is 1220. The lowest BCUT2D eigenvalue weighted by atomic mass is 10.1. The Kier molecular flexibility index (Phi) is 4.79. The summed E-state index contributed by atoms with van der Waals surface area (Å²) in [5, 5.41) is 17.0. The molecule has 4 rings (SSSR count). The van der Waals surface area contributed by atoms with Gasteiger partial charge in [0.25, 0.3) is 11.6 Å². The first-order chi connectivity index (χ1) is 14.4. The molecule has 7 nitrogen and oxygen atoms in total. The molecule has 0 atom stereocenters. The lowest BCUT2D eigenvalue weighted by Crippen LogP contribution is -2.21. The Hall–Kier alpha value is -4.00. The number of anilines is 1. The molecule has 0 fully saturated rings. The van der Waals surface area contributed by atoms with Crippen molar-refractivity contribution in [2.24, 2.45) is 5.10 Å². The zero-order valence-electron chi connectivity index (χ0n) is 16.9. The number of nitro groups is 1. The number of aromatic nitrogens is 1. The van der Waals surface area contributed by atoms with Crippen LogP contribution >= 0.6 is 0 Å². The Labute approximate surface area is 173 Å². The summed E-state index contributed by atoms with van der Waals surface area (Å²) < 4.78 is 1.94. The van der Waals surface area contributed by atoms with Gasteiger partial charge < -0.3 is 4.57 Å². The number of benzene rings is 2. The van der Waals surface area contributed by atoms with Gasteiger partial charge in [-0.05, 0) is 56.7 Å². The molecule has 1 aliphatic heterocycles. The maximum Gasteiger partial charge on any atom is 0.280 e. The van der Waals surface area contributed by atoms with Gasteiger partial charge >= 0.3 is 0 Å². The molecular formula is C23H20N4O3. The first kappa shape index (κ1) is 19.3. The first-order valence-corrected chi connectivity index (χ1v) is 9.47. The minimum atomic E-state index is -0.407. The standard InChI is InChI=1S/C23H20N4O3/c1-15-12-18(17(3)25(15)20-10-7-11-21(14-20)27(29)30)13-22-16(2)24-26(23(22)28)19-8-5-4-6-9-19/h4-14H,1-3H3/b22-13+. The fourth-order valence-electron chi connectivity index (χ4n) is 3.66. The maximum absolute atomic E-state index is 13.0. The number of carbonyl (C=O) groups excluding carboxylic acids is 1. The molecule has 0 aliphatic carbocycles. The molecule has 1 aliphatic rings. The molecule has 2 heterocycles. The van der Waals surface area contributed by atoms with Crippen LogP contribution < -0.4 is 5.01 Å². The van der Waals surface area contributed by atoms with Gasteiger partial charge in [0.05, 0.1) is 27.6 Å². The van der Waals surface area contributed by atoms with Gasteiger partial charge in [-0.3, -0.25) is 14.9 Å². The summed E-state index contributed by atoms with van der Waals surface area (Å²) in [6.07, 6.45) is 1.83. The van der Waals surface area contributed by atoms with Crippen LogP contribution in [0.1, 0.15) is 23.9 Å². The molecule has 0 radical (unpaired) electrons. The van der Waals surface area contributed by atoms with Crippen LogP contribution in [0.2, 0.25) is 0 Å². The van der Waals surface area contributed by atoms with Crippen molar-refractivity contribution in [1.82, 2.24) is 4.57 Å². The van der Waals surface area contributed by atoms with Crippen LogP contribution in [0, 0.1) is 24.0 Å². The normalized spacial score (nSPS) is 15.0. The highest BCUT2D eigenvalue weighted by molar-refractivity contribution is 6.32. The average molecular weight is 400 g/mol. The summed E-state index contributed by atoms with van der Waals surface area (Å²) >= 11 is 0. The molecule has 1 amide bonds. The van der Waals surface area contributed by atoms with E-state index in [4.69, 9.17) is 0 Å². The molecule has 0 unspecified atom stereocenters. The number of nitrogens with zero attached hydrogens (tertiary/aromatic N) is 4. The molecule has 7 heteroatoms. The molecule has 0 saturated carbocycles. The summed E-state index contributed by atoms with van der Waals surface area (Å²) in [7, 11) is 0. The van der Waals surface area contributed by atoms with Gasteiger partial charge in [0.15, 0.2) is 0 Å². The van der Waals surface area contributed by atoms with Gasteiger partial charge in [0.1, 0.15) is 0 Å². The van der Waals surface area contributed by atoms with E-state index < -0.39 is 4.92 Å². The van der Waals surface area contributed by atoms with Crippen LogP contribution in [0.3, 0.4) is 0 Å². The Morgan fingerprint density at radius 2 is 1.67 bits per heavy atom. The van der Waals surface area contributed by atoms with E-state index in [-0.39, 0.29) is 11.6 Å². The number of rotatable bonds is 4. The highest BCUT2D eigenvalue weighted by Gasteiger charge is 2.29. The second-order valence-electron chi connectivity index (χ2n) is 7.13. The monoisotopic (exact) mass is 400 g/mol. The minimum Gasteiger partial charge on any atom is -0.318 e. The van der Waals surface area contributed by atoms with Gasteiger partial charge in [0, 0.05) is 23.5 Å². The summed E-state index contributed by atoms with van der Waals surface area (Å²) in [4.78, 5) is 23.7. The van der Waals surface area contributed by atoms with E-state index in [1.165, 1.54) is 11.1 Å². The van der Waals surface area contributed by atoms with Crippen LogP contribution in [0.4, 0.5) is 11.4 Å². The van der Waals surface area contributed by atoms with Crippen molar-refractivity contribution in [3.05, 3.63) is 93.3 Å². The number of hydrogen-bond donors (Lipinski definition) is 0. The molecule has 0 saturated heterocycles. The number of hydrazone groups is 1. The first-order valence-electron chi connectivity index (χ1n) is 9.47. The SMILES string of the molecule is CC1=NN(c2ccccc2)C(=O)/C1=C/c1cc(C)n(-c2cccc([N+](=O)[O-])c2)c1C. The van der Waals surface area contributed by atoms with Crippen molar-refractivity contribution < 1.29 is 9.72 Å². The molecule has 0 spiro atoms. The van der Waals surface area contributed by atoms with E-state index in [0.29, 0.717) is 22.7 Å². The molecular weight excluding hydrogens is 380 g/mol. The van der Waals surface area contributed by atoms with Crippen molar-refractivity contribution in [3.63, 3.8) is 0 Å². The largest absolute Gasteiger partial charge is 0.318 e. The third-order valence-corrected chi connectivity index (χ3v) is 5.13. The van der Waals surface area contributed by atoms with E-state index in [1.54, 1.807) is 12.1 Å². The van der Waals surface area contributed by atoms with Gasteiger partial charge in [-0.2, -0.15) is 10.1 Å². The van der Waals surface area contributed by atoms with Crippen molar-refractivity contribution in [2.75, 3.05) is 5.01 Å². The zero-order chi connectivity index (χ0) is 21.4. The zero-order valence-corrected chi connectivity index (χ0v) is 16.9. The van der Waals surface area contributed by atoms with Crippen molar-refractivity contribution >= 4 is 29.1 Å². The molecule has 1 aromatic heterocycles. The highest BCUT2D eigenvalue weighted by atomic mass is 16.6.